The quantitative estimate of drug-likeness (QED) is 0.485. The molecule has 108 valence electrons. The Balaban J connectivity index is 2.60. The zero-order chi connectivity index (χ0) is 13.7. The van der Waals surface area contributed by atoms with E-state index < -0.39 is 0 Å². The Morgan fingerprint density at radius 1 is 1.00 bits per heavy atom. The summed E-state index contributed by atoms with van der Waals surface area (Å²) < 4.78 is 0. The molecule has 0 radical (unpaired) electrons. The molecule has 1 fully saturated rings. The Morgan fingerprint density at radius 2 is 1.67 bits per heavy atom. The maximum atomic E-state index is 2.49. The highest BCUT2D eigenvalue weighted by Gasteiger charge is 2.33. The second-order valence-electron chi connectivity index (χ2n) is 7.40. The lowest BCUT2D eigenvalue weighted by atomic mass is 9.65. The van der Waals surface area contributed by atoms with Crippen LogP contribution in [0.25, 0.3) is 0 Å². The van der Waals surface area contributed by atoms with Crippen molar-refractivity contribution < 1.29 is 0 Å². The van der Waals surface area contributed by atoms with Gasteiger partial charge in [-0.2, -0.15) is 0 Å². The third-order valence-electron chi connectivity index (χ3n) is 5.65. The summed E-state index contributed by atoms with van der Waals surface area (Å²) in [5, 5.41) is 0. The Bertz CT molecular complexity index is 218. The van der Waals surface area contributed by atoms with E-state index in [2.05, 4.69) is 41.5 Å². The van der Waals surface area contributed by atoms with Gasteiger partial charge in [0, 0.05) is 0 Å². The Kier molecular flexibility index (Phi) is 6.74. The van der Waals surface area contributed by atoms with E-state index in [9.17, 15) is 0 Å². The molecule has 0 heterocycles. The van der Waals surface area contributed by atoms with E-state index in [1.165, 1.54) is 38.5 Å². The summed E-state index contributed by atoms with van der Waals surface area (Å²) in [7, 11) is 0. The molecule has 1 rings (SSSR count). The SMILES string of the molecule is CCC(C)C(CC(C)C)C(CC)CC1CCC1C. The van der Waals surface area contributed by atoms with Gasteiger partial charge in [-0.15, -0.1) is 0 Å². The molecule has 0 nitrogen and oxygen atoms in total. The first-order valence-electron chi connectivity index (χ1n) is 8.49. The summed E-state index contributed by atoms with van der Waals surface area (Å²) in [5.41, 5.74) is 0. The van der Waals surface area contributed by atoms with Gasteiger partial charge in [0.2, 0.25) is 0 Å². The predicted molar refractivity (Wildman–Crippen MR) is 82.7 cm³/mol. The monoisotopic (exact) mass is 252 g/mol. The van der Waals surface area contributed by atoms with Gasteiger partial charge >= 0.3 is 0 Å². The summed E-state index contributed by atoms with van der Waals surface area (Å²) in [6.45, 7) is 14.5. The largest absolute Gasteiger partial charge is 0.0651 e. The highest BCUT2D eigenvalue weighted by atomic mass is 14.4. The molecular formula is C18H36. The van der Waals surface area contributed by atoms with E-state index >= 15 is 0 Å². The van der Waals surface area contributed by atoms with Crippen molar-refractivity contribution in [2.24, 2.45) is 35.5 Å². The van der Waals surface area contributed by atoms with Crippen molar-refractivity contribution in [2.75, 3.05) is 0 Å². The van der Waals surface area contributed by atoms with Crippen molar-refractivity contribution >= 4 is 0 Å². The Morgan fingerprint density at radius 3 is 2.00 bits per heavy atom. The van der Waals surface area contributed by atoms with Gasteiger partial charge in [0.1, 0.15) is 0 Å². The fourth-order valence-corrected chi connectivity index (χ4v) is 3.86. The molecular weight excluding hydrogens is 216 g/mol. The second-order valence-corrected chi connectivity index (χ2v) is 7.40. The summed E-state index contributed by atoms with van der Waals surface area (Å²) in [4.78, 5) is 0. The predicted octanol–water partition coefficient (Wildman–Crippen LogP) is 6.16. The average Bonchev–Trinajstić information content (AvgIpc) is 2.34. The highest BCUT2D eigenvalue weighted by Crippen LogP contribution is 2.43. The van der Waals surface area contributed by atoms with Gasteiger partial charge in [-0.3, -0.25) is 0 Å². The van der Waals surface area contributed by atoms with Crippen molar-refractivity contribution in [2.45, 2.75) is 80.1 Å². The van der Waals surface area contributed by atoms with Crippen molar-refractivity contribution in [3.8, 4) is 0 Å². The van der Waals surface area contributed by atoms with Crippen LogP contribution in [0.3, 0.4) is 0 Å². The van der Waals surface area contributed by atoms with Gasteiger partial charge in [-0.1, -0.05) is 60.8 Å². The van der Waals surface area contributed by atoms with Crippen LogP contribution in [0.2, 0.25) is 0 Å². The molecule has 5 unspecified atom stereocenters. The molecule has 0 aliphatic heterocycles. The van der Waals surface area contributed by atoms with Crippen LogP contribution >= 0.6 is 0 Å². The molecule has 1 aliphatic rings. The van der Waals surface area contributed by atoms with E-state index in [0.717, 1.165) is 35.5 Å². The van der Waals surface area contributed by atoms with Gasteiger partial charge in [-0.05, 0) is 54.8 Å². The van der Waals surface area contributed by atoms with Crippen molar-refractivity contribution in [1.82, 2.24) is 0 Å². The van der Waals surface area contributed by atoms with Gasteiger partial charge < -0.3 is 0 Å². The molecule has 0 amide bonds. The molecule has 0 heteroatoms. The number of rotatable bonds is 8. The maximum absolute atomic E-state index is 2.49. The molecule has 0 saturated heterocycles. The molecule has 18 heavy (non-hydrogen) atoms. The highest BCUT2D eigenvalue weighted by molar-refractivity contribution is 4.83. The molecule has 0 N–H and O–H groups in total. The zero-order valence-corrected chi connectivity index (χ0v) is 13.7. The molecule has 0 bridgehead atoms. The fraction of sp³-hybridized carbons (Fsp3) is 1.00. The summed E-state index contributed by atoms with van der Waals surface area (Å²) in [6.07, 6.45) is 8.69. The van der Waals surface area contributed by atoms with Crippen molar-refractivity contribution in [1.29, 1.82) is 0 Å². The second kappa shape index (κ2) is 7.56. The fourth-order valence-electron chi connectivity index (χ4n) is 3.86. The smallest absolute Gasteiger partial charge is 0.0358 e. The van der Waals surface area contributed by atoms with Crippen LogP contribution < -0.4 is 0 Å². The average molecular weight is 252 g/mol. The molecule has 0 spiro atoms. The molecule has 1 aliphatic carbocycles. The lowest BCUT2D eigenvalue weighted by Gasteiger charge is -2.40. The Hall–Kier alpha value is 0. The normalized spacial score (nSPS) is 28.8. The van der Waals surface area contributed by atoms with E-state index in [1.54, 1.807) is 0 Å². The summed E-state index contributed by atoms with van der Waals surface area (Å²) in [6, 6.07) is 0. The van der Waals surface area contributed by atoms with E-state index in [4.69, 9.17) is 0 Å². The van der Waals surface area contributed by atoms with Crippen LogP contribution in [0.1, 0.15) is 80.1 Å². The van der Waals surface area contributed by atoms with Crippen LogP contribution in [0.5, 0.6) is 0 Å². The lowest BCUT2D eigenvalue weighted by Crippen LogP contribution is -2.30. The van der Waals surface area contributed by atoms with Crippen LogP contribution in [-0.4, -0.2) is 0 Å². The minimum absolute atomic E-state index is 0.858. The zero-order valence-electron chi connectivity index (χ0n) is 13.7. The van der Waals surface area contributed by atoms with E-state index in [-0.39, 0.29) is 0 Å². The van der Waals surface area contributed by atoms with E-state index in [0.29, 0.717) is 0 Å². The number of hydrogen-bond donors (Lipinski definition) is 0. The van der Waals surface area contributed by atoms with Gasteiger partial charge in [0.15, 0.2) is 0 Å². The number of hydrogen-bond acceptors (Lipinski definition) is 0. The van der Waals surface area contributed by atoms with Crippen LogP contribution in [0, 0.1) is 35.5 Å². The molecule has 0 aromatic rings. The first kappa shape index (κ1) is 16.1. The molecule has 1 saturated carbocycles. The van der Waals surface area contributed by atoms with Gasteiger partial charge in [-0.25, -0.2) is 0 Å². The lowest BCUT2D eigenvalue weighted by molar-refractivity contribution is 0.102. The molecule has 5 atom stereocenters. The minimum Gasteiger partial charge on any atom is -0.0651 e. The minimum atomic E-state index is 0.858. The summed E-state index contributed by atoms with van der Waals surface area (Å²) >= 11 is 0. The van der Waals surface area contributed by atoms with E-state index in [1.807, 2.05) is 0 Å². The molecule has 0 aromatic heterocycles. The third kappa shape index (κ3) is 4.28. The van der Waals surface area contributed by atoms with Crippen LogP contribution in [0.4, 0.5) is 0 Å². The maximum Gasteiger partial charge on any atom is -0.0358 e. The third-order valence-corrected chi connectivity index (χ3v) is 5.65. The van der Waals surface area contributed by atoms with Gasteiger partial charge in [0.05, 0.1) is 0 Å². The van der Waals surface area contributed by atoms with Crippen LogP contribution in [0.15, 0.2) is 0 Å². The summed E-state index contributed by atoms with van der Waals surface area (Å²) in [5.74, 6) is 5.77. The molecule has 0 aromatic carbocycles. The van der Waals surface area contributed by atoms with Crippen LogP contribution in [-0.2, 0) is 0 Å². The standard InChI is InChI=1S/C18H36/c1-7-14(5)18(11-13(3)4)16(8-2)12-17-10-9-15(17)6/h13-18H,7-12H2,1-6H3. The first-order valence-corrected chi connectivity index (χ1v) is 8.49. The van der Waals surface area contributed by atoms with Gasteiger partial charge in [0.25, 0.3) is 0 Å². The first-order chi connectivity index (χ1) is 8.49. The Labute approximate surface area is 116 Å². The van der Waals surface area contributed by atoms with Crippen molar-refractivity contribution in [3.63, 3.8) is 0 Å². The topological polar surface area (TPSA) is 0 Å². The van der Waals surface area contributed by atoms with Crippen molar-refractivity contribution in [3.05, 3.63) is 0 Å².